The Kier molecular flexibility index (Phi) is 8.21. The van der Waals surface area contributed by atoms with Gasteiger partial charge in [0.15, 0.2) is 0 Å². The van der Waals surface area contributed by atoms with Gasteiger partial charge >= 0.3 is 0 Å². The van der Waals surface area contributed by atoms with Crippen molar-refractivity contribution in [2.75, 3.05) is 19.6 Å². The smallest absolute Gasteiger partial charge is 0.221 e. The number of nitrogens with zero attached hydrogens (tertiary/aromatic N) is 1. The van der Waals surface area contributed by atoms with Gasteiger partial charge in [-0.05, 0) is 26.8 Å². The molecule has 0 radical (unpaired) electrons. The van der Waals surface area contributed by atoms with Crippen LogP contribution in [0.1, 0.15) is 40.5 Å². The lowest BCUT2D eigenvalue weighted by Crippen LogP contribution is -2.47. The summed E-state index contributed by atoms with van der Waals surface area (Å²) >= 11 is 0. The van der Waals surface area contributed by atoms with E-state index in [2.05, 4.69) is 31.0 Å². The van der Waals surface area contributed by atoms with Crippen molar-refractivity contribution in [2.24, 2.45) is 5.73 Å². The largest absolute Gasteiger partial charge is 0.356 e. The maximum Gasteiger partial charge on any atom is 0.221 e. The molecular formula is C12H27N3O. The Morgan fingerprint density at radius 3 is 2.38 bits per heavy atom. The van der Waals surface area contributed by atoms with Gasteiger partial charge in [-0.3, -0.25) is 9.69 Å². The van der Waals surface area contributed by atoms with Gasteiger partial charge in [0, 0.05) is 31.6 Å². The van der Waals surface area contributed by atoms with Crippen molar-refractivity contribution in [3.8, 4) is 0 Å². The van der Waals surface area contributed by atoms with Gasteiger partial charge in [0.1, 0.15) is 0 Å². The third-order valence-corrected chi connectivity index (χ3v) is 3.06. The molecule has 2 unspecified atom stereocenters. The second-order valence-electron chi connectivity index (χ2n) is 4.13. The van der Waals surface area contributed by atoms with E-state index in [1.807, 2.05) is 6.92 Å². The molecule has 2 atom stereocenters. The minimum Gasteiger partial charge on any atom is -0.356 e. The molecule has 0 rings (SSSR count). The van der Waals surface area contributed by atoms with Gasteiger partial charge in [0.25, 0.3) is 0 Å². The third-order valence-electron chi connectivity index (χ3n) is 3.06. The van der Waals surface area contributed by atoms with Gasteiger partial charge in [-0.2, -0.15) is 0 Å². The summed E-state index contributed by atoms with van der Waals surface area (Å²) in [7, 11) is 0. The van der Waals surface area contributed by atoms with E-state index in [1.54, 1.807) is 0 Å². The summed E-state index contributed by atoms with van der Waals surface area (Å²) < 4.78 is 0. The minimum atomic E-state index is 0.0969. The van der Waals surface area contributed by atoms with Gasteiger partial charge in [-0.1, -0.05) is 13.8 Å². The lowest BCUT2D eigenvalue weighted by Gasteiger charge is -2.34. The van der Waals surface area contributed by atoms with E-state index in [0.717, 1.165) is 13.0 Å². The van der Waals surface area contributed by atoms with Crippen LogP contribution in [0.3, 0.4) is 0 Å². The fraction of sp³-hybridized carbons (Fsp3) is 0.917. The number of hydrogen-bond donors (Lipinski definition) is 2. The van der Waals surface area contributed by atoms with Gasteiger partial charge in [0.05, 0.1) is 0 Å². The monoisotopic (exact) mass is 229 g/mol. The van der Waals surface area contributed by atoms with Crippen molar-refractivity contribution in [3.63, 3.8) is 0 Å². The summed E-state index contributed by atoms with van der Waals surface area (Å²) in [4.78, 5) is 13.9. The van der Waals surface area contributed by atoms with Crippen LogP contribution in [-0.2, 0) is 4.79 Å². The van der Waals surface area contributed by atoms with Crippen LogP contribution in [0.5, 0.6) is 0 Å². The van der Waals surface area contributed by atoms with E-state index in [9.17, 15) is 4.79 Å². The number of hydrogen-bond acceptors (Lipinski definition) is 3. The van der Waals surface area contributed by atoms with Crippen LogP contribution in [0.4, 0.5) is 0 Å². The zero-order valence-electron chi connectivity index (χ0n) is 11.1. The first kappa shape index (κ1) is 15.4. The quantitative estimate of drug-likeness (QED) is 0.652. The first-order valence-electron chi connectivity index (χ1n) is 6.33. The predicted octanol–water partition coefficient (Wildman–Crippen LogP) is 0.960. The van der Waals surface area contributed by atoms with Gasteiger partial charge in [-0.15, -0.1) is 0 Å². The molecule has 0 aromatic heterocycles. The molecule has 16 heavy (non-hydrogen) atoms. The molecule has 0 aliphatic heterocycles. The SMILES string of the molecule is CCNC(=O)CC(CN)N(CC)C(C)CC. The molecule has 4 heteroatoms. The molecule has 0 fully saturated rings. The number of amides is 1. The van der Waals surface area contributed by atoms with Crippen LogP contribution < -0.4 is 11.1 Å². The molecule has 0 aliphatic rings. The van der Waals surface area contributed by atoms with E-state index < -0.39 is 0 Å². The Morgan fingerprint density at radius 2 is 2.00 bits per heavy atom. The van der Waals surface area contributed by atoms with Gasteiger partial charge < -0.3 is 11.1 Å². The third kappa shape index (κ3) is 4.94. The standard InChI is InChI=1S/C12H27N3O/c1-5-10(4)15(7-3)11(9-13)8-12(16)14-6-2/h10-11H,5-9,13H2,1-4H3,(H,14,16). The molecule has 96 valence electrons. The van der Waals surface area contributed by atoms with Crippen LogP contribution >= 0.6 is 0 Å². The minimum absolute atomic E-state index is 0.0969. The Labute approximate surface area is 99.6 Å². The van der Waals surface area contributed by atoms with Crippen LogP contribution in [0.15, 0.2) is 0 Å². The molecule has 0 saturated carbocycles. The molecule has 0 aromatic rings. The van der Waals surface area contributed by atoms with Crippen LogP contribution in [0.2, 0.25) is 0 Å². The molecular weight excluding hydrogens is 202 g/mol. The fourth-order valence-corrected chi connectivity index (χ4v) is 1.98. The highest BCUT2D eigenvalue weighted by Gasteiger charge is 2.22. The molecule has 1 amide bonds. The molecule has 0 aromatic carbocycles. The van der Waals surface area contributed by atoms with Gasteiger partial charge in [0.2, 0.25) is 5.91 Å². The van der Waals surface area contributed by atoms with E-state index in [0.29, 0.717) is 25.6 Å². The van der Waals surface area contributed by atoms with Crippen LogP contribution in [0, 0.1) is 0 Å². The van der Waals surface area contributed by atoms with Crippen molar-refractivity contribution in [1.29, 1.82) is 0 Å². The zero-order valence-corrected chi connectivity index (χ0v) is 11.1. The van der Waals surface area contributed by atoms with E-state index in [4.69, 9.17) is 5.73 Å². The summed E-state index contributed by atoms with van der Waals surface area (Å²) in [5, 5.41) is 2.83. The number of nitrogens with two attached hydrogens (primary N) is 1. The Morgan fingerprint density at radius 1 is 1.38 bits per heavy atom. The average molecular weight is 229 g/mol. The molecule has 4 nitrogen and oxygen atoms in total. The summed E-state index contributed by atoms with van der Waals surface area (Å²) in [6, 6.07) is 0.638. The van der Waals surface area contributed by atoms with Crippen LogP contribution in [-0.4, -0.2) is 42.5 Å². The number of likely N-dealkylation sites (N-methyl/N-ethyl adjacent to an activating group) is 1. The molecule has 3 N–H and O–H groups in total. The highest BCUT2D eigenvalue weighted by Crippen LogP contribution is 2.10. The van der Waals surface area contributed by atoms with Crippen molar-refractivity contribution in [2.45, 2.75) is 52.6 Å². The first-order valence-corrected chi connectivity index (χ1v) is 6.33. The summed E-state index contributed by atoms with van der Waals surface area (Å²) in [6.45, 7) is 10.6. The molecule has 0 aliphatic carbocycles. The Bertz CT molecular complexity index is 197. The fourth-order valence-electron chi connectivity index (χ4n) is 1.98. The summed E-state index contributed by atoms with van der Waals surface area (Å²) in [5.74, 6) is 0.0969. The van der Waals surface area contributed by atoms with E-state index in [1.165, 1.54) is 0 Å². The van der Waals surface area contributed by atoms with Gasteiger partial charge in [-0.25, -0.2) is 0 Å². The Hall–Kier alpha value is -0.610. The number of carbonyl (C=O) groups excluding carboxylic acids is 1. The topological polar surface area (TPSA) is 58.4 Å². The number of carbonyl (C=O) groups is 1. The maximum absolute atomic E-state index is 11.6. The summed E-state index contributed by atoms with van der Waals surface area (Å²) in [6.07, 6.45) is 1.59. The normalized spacial score (nSPS) is 14.9. The average Bonchev–Trinajstić information content (AvgIpc) is 2.28. The molecule has 0 saturated heterocycles. The van der Waals surface area contributed by atoms with E-state index in [-0.39, 0.29) is 11.9 Å². The number of rotatable bonds is 8. The maximum atomic E-state index is 11.6. The number of nitrogens with one attached hydrogen (secondary N) is 1. The second-order valence-corrected chi connectivity index (χ2v) is 4.13. The van der Waals surface area contributed by atoms with E-state index >= 15 is 0 Å². The van der Waals surface area contributed by atoms with Crippen molar-refractivity contribution in [3.05, 3.63) is 0 Å². The van der Waals surface area contributed by atoms with Crippen molar-refractivity contribution in [1.82, 2.24) is 10.2 Å². The second kappa shape index (κ2) is 8.53. The Balaban J connectivity index is 4.37. The first-order chi connectivity index (χ1) is 7.60. The van der Waals surface area contributed by atoms with Crippen molar-refractivity contribution >= 4 is 5.91 Å². The molecule has 0 bridgehead atoms. The van der Waals surface area contributed by atoms with Crippen LogP contribution in [0.25, 0.3) is 0 Å². The van der Waals surface area contributed by atoms with Crippen molar-refractivity contribution < 1.29 is 4.79 Å². The lowest BCUT2D eigenvalue weighted by atomic mass is 10.1. The highest BCUT2D eigenvalue weighted by molar-refractivity contribution is 5.76. The lowest BCUT2D eigenvalue weighted by molar-refractivity contribution is -0.122. The highest BCUT2D eigenvalue weighted by atomic mass is 16.1. The molecule has 0 heterocycles. The zero-order chi connectivity index (χ0) is 12.6. The summed E-state index contributed by atoms with van der Waals surface area (Å²) in [5.41, 5.74) is 5.76. The molecule has 0 spiro atoms. The predicted molar refractivity (Wildman–Crippen MR) is 68.3 cm³/mol.